The summed E-state index contributed by atoms with van der Waals surface area (Å²) in [4.78, 5) is 40.0. The summed E-state index contributed by atoms with van der Waals surface area (Å²) >= 11 is 5.86. The number of nitrogens with one attached hydrogen (secondary N) is 1. The number of pyridine rings is 1. The van der Waals surface area contributed by atoms with Gasteiger partial charge >= 0.3 is 0 Å². The first-order valence-electron chi connectivity index (χ1n) is 10.5. The number of nitrogens with zero attached hydrogens (tertiary/aromatic N) is 3. The van der Waals surface area contributed by atoms with Gasteiger partial charge in [0.2, 0.25) is 10.0 Å². The zero-order valence-electron chi connectivity index (χ0n) is 18.4. The number of sulfonamides is 1. The highest BCUT2D eigenvalue weighted by molar-refractivity contribution is 7.90. The van der Waals surface area contributed by atoms with Crippen molar-refractivity contribution >= 4 is 33.4 Å². The van der Waals surface area contributed by atoms with Crippen molar-refractivity contribution in [3.8, 4) is 0 Å². The van der Waals surface area contributed by atoms with Crippen LogP contribution in [-0.4, -0.2) is 65.9 Å². The van der Waals surface area contributed by atoms with Crippen LogP contribution < -0.4 is 10.9 Å². The molecule has 1 fully saturated rings. The van der Waals surface area contributed by atoms with E-state index in [1.54, 1.807) is 24.3 Å². The molecule has 0 bridgehead atoms. The summed E-state index contributed by atoms with van der Waals surface area (Å²) in [6.07, 6.45) is 0.994. The van der Waals surface area contributed by atoms with E-state index in [4.69, 9.17) is 11.6 Å². The van der Waals surface area contributed by atoms with Gasteiger partial charge in [-0.2, -0.15) is 0 Å². The van der Waals surface area contributed by atoms with Gasteiger partial charge in [0.25, 0.3) is 17.4 Å². The van der Waals surface area contributed by atoms with Crippen molar-refractivity contribution in [3.05, 3.63) is 68.6 Å². The van der Waals surface area contributed by atoms with Crippen LogP contribution in [0.4, 0.5) is 0 Å². The molecular weight excluding hydrogens is 468 g/mol. The number of halogens is 1. The fourth-order valence-electron chi connectivity index (χ4n) is 4.05. The van der Waals surface area contributed by atoms with E-state index in [-0.39, 0.29) is 37.4 Å². The second-order valence-corrected chi connectivity index (χ2v) is 11.6. The van der Waals surface area contributed by atoms with Crippen molar-refractivity contribution in [1.29, 1.82) is 0 Å². The quantitative estimate of drug-likeness (QED) is 0.627. The second kappa shape index (κ2) is 8.58. The molecule has 33 heavy (non-hydrogen) atoms. The molecule has 9 nitrogen and oxygen atoms in total. The van der Waals surface area contributed by atoms with E-state index in [9.17, 15) is 22.8 Å². The van der Waals surface area contributed by atoms with Gasteiger partial charge in [0.1, 0.15) is 16.0 Å². The maximum Gasteiger partial charge on any atom is 0.270 e. The molecule has 0 atom stereocenters. The maximum absolute atomic E-state index is 13.0. The van der Waals surface area contributed by atoms with Crippen molar-refractivity contribution in [2.75, 3.05) is 27.2 Å². The van der Waals surface area contributed by atoms with Gasteiger partial charge in [0.15, 0.2) is 0 Å². The largest absolute Gasteiger partial charge is 0.348 e. The van der Waals surface area contributed by atoms with E-state index >= 15 is 0 Å². The first kappa shape index (κ1) is 23.5. The van der Waals surface area contributed by atoms with Crippen LogP contribution in [0.3, 0.4) is 0 Å². The third kappa shape index (κ3) is 4.30. The molecule has 1 N–H and O–H groups in total. The summed E-state index contributed by atoms with van der Waals surface area (Å²) in [7, 11) is -0.537. The molecule has 0 unspecified atom stereocenters. The van der Waals surface area contributed by atoms with E-state index in [0.717, 1.165) is 5.56 Å². The van der Waals surface area contributed by atoms with Crippen molar-refractivity contribution in [2.45, 2.75) is 30.7 Å². The number of amides is 2. The number of carbonyl (C=O) groups excluding carboxylic acids is 2. The van der Waals surface area contributed by atoms with Gasteiger partial charge in [0.05, 0.1) is 0 Å². The van der Waals surface area contributed by atoms with Crippen molar-refractivity contribution in [2.24, 2.45) is 0 Å². The Balaban J connectivity index is 1.50. The first-order valence-corrected chi connectivity index (χ1v) is 12.4. The minimum absolute atomic E-state index is 0.0530. The molecule has 1 aliphatic carbocycles. The molecule has 1 saturated carbocycles. The fraction of sp³-hybridized carbons (Fsp3) is 0.409. The van der Waals surface area contributed by atoms with Crippen LogP contribution >= 0.6 is 11.6 Å². The van der Waals surface area contributed by atoms with Crippen molar-refractivity contribution < 1.29 is 18.0 Å². The molecule has 2 amide bonds. The predicted octanol–water partition coefficient (Wildman–Crippen LogP) is 1.31. The van der Waals surface area contributed by atoms with E-state index in [1.165, 1.54) is 40.0 Å². The number of benzene rings is 1. The minimum Gasteiger partial charge on any atom is -0.348 e. The summed E-state index contributed by atoms with van der Waals surface area (Å²) in [5, 5.41) is 3.29. The van der Waals surface area contributed by atoms with Gasteiger partial charge in [-0.05, 0) is 42.7 Å². The highest BCUT2D eigenvalue weighted by atomic mass is 35.5. The molecule has 0 spiro atoms. The summed E-state index contributed by atoms with van der Waals surface area (Å²) in [5.41, 5.74) is 0.385. The molecule has 0 saturated heterocycles. The number of hydrogen-bond donors (Lipinski definition) is 1. The lowest BCUT2D eigenvalue weighted by molar-refractivity contribution is 0.0694. The molecular formula is C22H25ClN4O5S. The van der Waals surface area contributed by atoms with Crippen LogP contribution in [0, 0.1) is 0 Å². The normalized spacial score (nSPS) is 17.1. The molecule has 4 rings (SSSR count). The Kier molecular flexibility index (Phi) is 6.10. The fourth-order valence-corrected chi connectivity index (χ4v) is 5.88. The smallest absolute Gasteiger partial charge is 0.270 e. The Morgan fingerprint density at radius 1 is 1.09 bits per heavy atom. The number of aromatic nitrogens is 1. The molecule has 1 aromatic carbocycles. The van der Waals surface area contributed by atoms with Crippen LogP contribution in [0.1, 0.15) is 39.3 Å². The van der Waals surface area contributed by atoms with Crippen LogP contribution in [-0.2, 0) is 23.1 Å². The monoisotopic (exact) mass is 492 g/mol. The molecule has 2 aromatic rings. The standard InChI is InChI=1S/C22H25ClN4O5S/c1-25(2)33(31,32)22(9-10-22)14-26-11-12-27-18(21(26)30)8-7-17(20(27)29)19(28)24-13-15-3-5-16(23)6-4-15/h3-8H,9-14H2,1-2H3,(H,24,28). The Hall–Kier alpha value is -2.69. The molecule has 2 aliphatic rings. The average Bonchev–Trinajstić information content (AvgIpc) is 3.57. The summed E-state index contributed by atoms with van der Waals surface area (Å²) in [5.74, 6) is -0.944. The Labute approximate surface area is 197 Å². The third-order valence-corrected chi connectivity index (χ3v) is 9.04. The molecule has 1 aliphatic heterocycles. The van der Waals surface area contributed by atoms with Crippen LogP contribution in [0.5, 0.6) is 0 Å². The summed E-state index contributed by atoms with van der Waals surface area (Å²) < 4.78 is 26.9. The lowest BCUT2D eigenvalue weighted by Crippen LogP contribution is -2.51. The van der Waals surface area contributed by atoms with Crippen LogP contribution in [0.2, 0.25) is 5.02 Å². The number of hydrogen-bond acceptors (Lipinski definition) is 5. The van der Waals surface area contributed by atoms with Gasteiger partial charge < -0.3 is 14.8 Å². The lowest BCUT2D eigenvalue weighted by atomic mass is 10.1. The van der Waals surface area contributed by atoms with E-state index in [1.807, 2.05) is 0 Å². The van der Waals surface area contributed by atoms with E-state index < -0.39 is 32.1 Å². The highest BCUT2D eigenvalue weighted by Gasteiger charge is 2.57. The number of rotatable bonds is 7. The predicted molar refractivity (Wildman–Crippen MR) is 124 cm³/mol. The van der Waals surface area contributed by atoms with Gasteiger partial charge in [-0.1, -0.05) is 23.7 Å². The number of carbonyl (C=O) groups is 2. The van der Waals surface area contributed by atoms with Gasteiger partial charge in [-0.3, -0.25) is 14.4 Å². The van der Waals surface area contributed by atoms with Crippen molar-refractivity contribution in [3.63, 3.8) is 0 Å². The van der Waals surface area contributed by atoms with Crippen LogP contribution in [0.25, 0.3) is 0 Å². The number of fused-ring (bicyclic) bond motifs is 1. The van der Waals surface area contributed by atoms with E-state index in [0.29, 0.717) is 17.9 Å². The molecule has 176 valence electrons. The van der Waals surface area contributed by atoms with Crippen molar-refractivity contribution in [1.82, 2.24) is 19.1 Å². The van der Waals surface area contributed by atoms with Gasteiger partial charge in [-0.25, -0.2) is 12.7 Å². The second-order valence-electron chi connectivity index (χ2n) is 8.60. The maximum atomic E-state index is 13.0. The Morgan fingerprint density at radius 2 is 1.76 bits per heavy atom. The summed E-state index contributed by atoms with van der Waals surface area (Å²) in [6, 6.07) is 9.77. The topological polar surface area (TPSA) is 109 Å². The first-order chi connectivity index (χ1) is 15.6. The minimum atomic E-state index is -3.51. The average molecular weight is 493 g/mol. The van der Waals surface area contributed by atoms with Crippen LogP contribution in [0.15, 0.2) is 41.2 Å². The summed E-state index contributed by atoms with van der Waals surface area (Å²) in [6.45, 7) is 0.707. The Morgan fingerprint density at radius 3 is 2.36 bits per heavy atom. The molecule has 0 radical (unpaired) electrons. The van der Waals surface area contributed by atoms with E-state index in [2.05, 4.69) is 5.32 Å². The van der Waals surface area contributed by atoms with Gasteiger partial charge in [0, 0.05) is 45.3 Å². The third-order valence-electron chi connectivity index (χ3n) is 6.20. The lowest BCUT2D eigenvalue weighted by Gasteiger charge is -2.33. The van der Waals surface area contributed by atoms with Gasteiger partial charge in [-0.15, -0.1) is 0 Å². The molecule has 11 heteroatoms. The Bertz CT molecular complexity index is 1270. The highest BCUT2D eigenvalue weighted by Crippen LogP contribution is 2.45. The molecule has 1 aromatic heterocycles. The zero-order chi connectivity index (χ0) is 24.0. The SMILES string of the molecule is CN(C)S(=O)(=O)C1(CN2CCn3c(ccc(C(=O)NCc4ccc(Cl)cc4)c3=O)C2=O)CC1. The zero-order valence-corrected chi connectivity index (χ0v) is 19.9. The molecule has 2 heterocycles.